The Morgan fingerprint density at radius 1 is 1.29 bits per heavy atom. The van der Waals surface area contributed by atoms with E-state index in [4.69, 9.17) is 19.9 Å². The Hall–Kier alpha value is -2.15. The molecule has 0 aliphatic carbocycles. The van der Waals surface area contributed by atoms with E-state index in [0.29, 0.717) is 24.7 Å². The molecule has 2 aromatic rings. The molecule has 0 saturated carbocycles. The summed E-state index contributed by atoms with van der Waals surface area (Å²) in [6.45, 7) is 3.03. The zero-order chi connectivity index (χ0) is 15.2. The van der Waals surface area contributed by atoms with Gasteiger partial charge in [-0.25, -0.2) is 0 Å². The predicted molar refractivity (Wildman–Crippen MR) is 84.6 cm³/mol. The molecule has 0 saturated heterocycles. The first-order valence-electron chi connectivity index (χ1n) is 6.52. The van der Waals surface area contributed by atoms with Crippen LogP contribution < -0.4 is 25.3 Å². The largest absolute Gasteiger partial charge is 0.497 e. The van der Waals surface area contributed by atoms with Gasteiger partial charge in [-0.1, -0.05) is 0 Å². The second-order valence-electron chi connectivity index (χ2n) is 4.19. The van der Waals surface area contributed by atoms with Crippen LogP contribution in [0.4, 0.5) is 10.8 Å². The van der Waals surface area contributed by atoms with E-state index >= 15 is 0 Å². The molecular formula is C14H19N3O3S. The van der Waals surface area contributed by atoms with Crippen molar-refractivity contribution in [2.75, 3.05) is 31.9 Å². The molecule has 6 nitrogen and oxygen atoms in total. The van der Waals surface area contributed by atoms with Gasteiger partial charge in [-0.2, -0.15) is 4.37 Å². The van der Waals surface area contributed by atoms with E-state index in [0.717, 1.165) is 22.1 Å². The fourth-order valence-corrected chi connectivity index (χ4v) is 2.52. The molecule has 0 radical (unpaired) electrons. The predicted octanol–water partition coefficient (Wildman–Crippen LogP) is 2.75. The van der Waals surface area contributed by atoms with Gasteiger partial charge in [-0.05, 0) is 30.6 Å². The summed E-state index contributed by atoms with van der Waals surface area (Å²) in [5, 5.41) is 4.09. The smallest absolute Gasteiger partial charge is 0.197 e. The molecule has 21 heavy (non-hydrogen) atoms. The van der Waals surface area contributed by atoms with Crippen LogP contribution in [-0.4, -0.2) is 25.2 Å². The van der Waals surface area contributed by atoms with E-state index in [1.54, 1.807) is 14.2 Å². The summed E-state index contributed by atoms with van der Waals surface area (Å²) in [6, 6.07) is 5.70. The van der Waals surface area contributed by atoms with Gasteiger partial charge in [0.2, 0.25) is 0 Å². The molecule has 1 aromatic heterocycles. The maximum Gasteiger partial charge on any atom is 0.197 e. The zero-order valence-corrected chi connectivity index (χ0v) is 13.1. The first kappa shape index (κ1) is 15.2. The van der Waals surface area contributed by atoms with Crippen molar-refractivity contribution in [3.8, 4) is 17.2 Å². The average molecular weight is 309 g/mol. The molecule has 0 aliphatic heterocycles. The number of aromatic nitrogens is 1. The maximum atomic E-state index is 5.78. The second kappa shape index (κ2) is 7.03. The molecule has 0 aliphatic rings. The molecular weight excluding hydrogens is 290 g/mol. The number of nitrogens with zero attached hydrogens (tertiary/aromatic N) is 1. The van der Waals surface area contributed by atoms with Crippen molar-refractivity contribution in [3.63, 3.8) is 0 Å². The lowest BCUT2D eigenvalue weighted by atomic mass is 10.2. The number of nitrogen functional groups attached to an aromatic ring is 1. The maximum absolute atomic E-state index is 5.78. The van der Waals surface area contributed by atoms with Gasteiger partial charge in [0, 0.05) is 18.2 Å². The van der Waals surface area contributed by atoms with Gasteiger partial charge in [-0.3, -0.25) is 0 Å². The molecule has 114 valence electrons. The summed E-state index contributed by atoms with van der Waals surface area (Å²) in [7, 11) is 3.26. The number of anilines is 2. The molecule has 0 bridgehead atoms. The number of hydrogen-bond donors (Lipinski definition) is 2. The number of nitrogens with one attached hydrogen (secondary N) is 1. The summed E-state index contributed by atoms with van der Waals surface area (Å²) in [4.78, 5) is 0. The third-order valence-electron chi connectivity index (χ3n) is 2.90. The van der Waals surface area contributed by atoms with Crippen LogP contribution >= 0.6 is 11.5 Å². The summed E-state index contributed by atoms with van der Waals surface area (Å²) in [5.41, 5.74) is 6.79. The Balaban J connectivity index is 2.13. The molecule has 0 amide bonds. The molecule has 0 fully saturated rings. The first-order chi connectivity index (χ1) is 10.2. The molecule has 0 unspecified atom stereocenters. The molecule has 0 spiro atoms. The lowest BCUT2D eigenvalue weighted by Gasteiger charge is -2.12. The van der Waals surface area contributed by atoms with E-state index in [2.05, 4.69) is 9.69 Å². The SMILES string of the molecule is CCOc1c(N)nsc1NCc1ccc(OC)cc1OC. The van der Waals surface area contributed by atoms with E-state index in [-0.39, 0.29) is 0 Å². The summed E-state index contributed by atoms with van der Waals surface area (Å²) in [5.74, 6) is 2.53. The van der Waals surface area contributed by atoms with Crippen molar-refractivity contribution in [2.24, 2.45) is 0 Å². The second-order valence-corrected chi connectivity index (χ2v) is 4.96. The quantitative estimate of drug-likeness (QED) is 0.819. The summed E-state index contributed by atoms with van der Waals surface area (Å²) < 4.78 is 20.2. The number of hydrogen-bond acceptors (Lipinski definition) is 7. The van der Waals surface area contributed by atoms with Crippen molar-refractivity contribution >= 4 is 22.4 Å². The van der Waals surface area contributed by atoms with Crippen molar-refractivity contribution in [1.29, 1.82) is 0 Å². The van der Waals surface area contributed by atoms with Crippen LogP contribution in [0.15, 0.2) is 18.2 Å². The van der Waals surface area contributed by atoms with Crippen molar-refractivity contribution in [3.05, 3.63) is 23.8 Å². The van der Waals surface area contributed by atoms with Crippen LogP contribution in [-0.2, 0) is 6.54 Å². The van der Waals surface area contributed by atoms with Crippen LogP contribution in [0.2, 0.25) is 0 Å². The summed E-state index contributed by atoms with van der Waals surface area (Å²) >= 11 is 1.28. The van der Waals surface area contributed by atoms with Crippen molar-refractivity contribution in [2.45, 2.75) is 13.5 Å². The fraction of sp³-hybridized carbons (Fsp3) is 0.357. The third kappa shape index (κ3) is 3.49. The highest BCUT2D eigenvalue weighted by molar-refractivity contribution is 7.11. The molecule has 1 aromatic carbocycles. The number of ether oxygens (including phenoxy) is 3. The monoisotopic (exact) mass is 309 g/mol. The van der Waals surface area contributed by atoms with Crippen molar-refractivity contribution in [1.82, 2.24) is 4.37 Å². The molecule has 1 heterocycles. The van der Waals surface area contributed by atoms with E-state index < -0.39 is 0 Å². The minimum absolute atomic E-state index is 0.408. The summed E-state index contributed by atoms with van der Waals surface area (Å²) in [6.07, 6.45) is 0. The minimum atomic E-state index is 0.408. The van der Waals surface area contributed by atoms with Gasteiger partial charge in [0.05, 0.1) is 20.8 Å². The van der Waals surface area contributed by atoms with Crippen LogP contribution in [0.3, 0.4) is 0 Å². The number of rotatable bonds is 7. The van der Waals surface area contributed by atoms with Gasteiger partial charge in [0.25, 0.3) is 0 Å². The molecule has 2 rings (SSSR count). The normalized spacial score (nSPS) is 10.2. The highest BCUT2D eigenvalue weighted by Gasteiger charge is 2.13. The van der Waals surface area contributed by atoms with Crippen LogP contribution in [0, 0.1) is 0 Å². The van der Waals surface area contributed by atoms with Gasteiger partial charge >= 0.3 is 0 Å². The number of benzene rings is 1. The van der Waals surface area contributed by atoms with Gasteiger partial charge in [-0.15, -0.1) is 0 Å². The van der Waals surface area contributed by atoms with Gasteiger partial charge < -0.3 is 25.3 Å². The Labute approximate surface area is 128 Å². The first-order valence-corrected chi connectivity index (χ1v) is 7.29. The number of methoxy groups -OCH3 is 2. The Morgan fingerprint density at radius 2 is 2.10 bits per heavy atom. The van der Waals surface area contributed by atoms with Crippen LogP contribution in [0.25, 0.3) is 0 Å². The molecule has 3 N–H and O–H groups in total. The van der Waals surface area contributed by atoms with Crippen LogP contribution in [0.5, 0.6) is 17.2 Å². The van der Waals surface area contributed by atoms with Gasteiger partial charge in [0.1, 0.15) is 11.5 Å². The highest BCUT2D eigenvalue weighted by Crippen LogP contribution is 2.36. The highest BCUT2D eigenvalue weighted by atomic mass is 32.1. The van der Waals surface area contributed by atoms with E-state index in [1.807, 2.05) is 25.1 Å². The van der Waals surface area contributed by atoms with Crippen molar-refractivity contribution < 1.29 is 14.2 Å². The lowest BCUT2D eigenvalue weighted by molar-refractivity contribution is 0.344. The average Bonchev–Trinajstić information content (AvgIpc) is 2.86. The zero-order valence-electron chi connectivity index (χ0n) is 12.3. The van der Waals surface area contributed by atoms with Crippen LogP contribution in [0.1, 0.15) is 12.5 Å². The topological polar surface area (TPSA) is 78.6 Å². The van der Waals surface area contributed by atoms with E-state index in [1.165, 1.54) is 11.5 Å². The standard InChI is InChI=1S/C14H19N3O3S/c1-4-20-12-13(15)17-21-14(12)16-8-9-5-6-10(18-2)7-11(9)19-3/h5-7,16H,4,8H2,1-3H3,(H2,15,17). The Bertz CT molecular complexity index is 601. The Kier molecular flexibility index (Phi) is 5.10. The Morgan fingerprint density at radius 3 is 2.76 bits per heavy atom. The minimum Gasteiger partial charge on any atom is -0.497 e. The van der Waals surface area contributed by atoms with Gasteiger partial charge in [0.15, 0.2) is 16.6 Å². The lowest BCUT2D eigenvalue weighted by Crippen LogP contribution is -2.03. The van der Waals surface area contributed by atoms with E-state index in [9.17, 15) is 0 Å². The molecule has 7 heteroatoms. The third-order valence-corrected chi connectivity index (χ3v) is 3.70. The number of nitrogens with two attached hydrogens (primary N) is 1. The molecule has 0 atom stereocenters. The fourth-order valence-electron chi connectivity index (χ4n) is 1.86.